The summed E-state index contributed by atoms with van der Waals surface area (Å²) in [5, 5.41) is 0. The van der Waals surface area contributed by atoms with Crippen LogP contribution in [0.1, 0.15) is 33.8 Å². The Morgan fingerprint density at radius 1 is 0.926 bits per heavy atom. The van der Waals surface area contributed by atoms with E-state index in [1.165, 1.54) is 20.3 Å². The molecule has 7 nitrogen and oxygen atoms in total. The van der Waals surface area contributed by atoms with Gasteiger partial charge in [0.15, 0.2) is 0 Å². The van der Waals surface area contributed by atoms with Gasteiger partial charge in [-0.15, -0.1) is 0 Å². The Hall–Kier alpha value is -3.19. The number of hydrogen-bond acceptors (Lipinski definition) is 6. The quantitative estimate of drug-likeness (QED) is 0.566. The van der Waals surface area contributed by atoms with Crippen LogP contribution in [-0.2, 0) is 30.5 Å². The Bertz CT molecular complexity index is 790. The lowest BCUT2D eigenvalue weighted by atomic mass is 9.91. The van der Waals surface area contributed by atoms with Gasteiger partial charge >= 0.3 is 11.9 Å². The standard InChI is InChI=1S/C20H21NO6/c1-25-19(23)16-11-7-6-10-15(16)17(20(24)26-2)12-18(22)21-27-13-14-8-4-3-5-9-14/h3-11,17H,12-13H2,1-2H3,(H,21,22). The molecule has 2 rings (SSSR count). The number of carbonyl (C=O) groups is 3. The molecule has 2 aromatic carbocycles. The molecule has 0 fully saturated rings. The van der Waals surface area contributed by atoms with Crippen LogP contribution >= 0.6 is 0 Å². The summed E-state index contributed by atoms with van der Waals surface area (Å²) in [6.07, 6.45) is -0.241. The third-order valence-corrected chi connectivity index (χ3v) is 3.88. The molecule has 0 spiro atoms. The predicted octanol–water partition coefficient (Wildman–Crippen LogP) is 2.37. The van der Waals surface area contributed by atoms with Gasteiger partial charge in [0.25, 0.3) is 0 Å². The van der Waals surface area contributed by atoms with Crippen LogP contribution in [0.2, 0.25) is 0 Å². The van der Waals surface area contributed by atoms with Gasteiger partial charge in [-0.2, -0.15) is 0 Å². The highest BCUT2D eigenvalue weighted by Gasteiger charge is 2.29. The number of ether oxygens (including phenoxy) is 2. The normalized spacial score (nSPS) is 11.3. The third-order valence-electron chi connectivity index (χ3n) is 3.88. The fourth-order valence-electron chi connectivity index (χ4n) is 2.56. The molecule has 0 saturated carbocycles. The minimum Gasteiger partial charge on any atom is -0.469 e. The monoisotopic (exact) mass is 371 g/mol. The van der Waals surface area contributed by atoms with Crippen molar-refractivity contribution in [3.05, 3.63) is 71.3 Å². The first-order valence-electron chi connectivity index (χ1n) is 8.26. The average molecular weight is 371 g/mol. The van der Waals surface area contributed by atoms with Crippen molar-refractivity contribution >= 4 is 17.8 Å². The van der Waals surface area contributed by atoms with Crippen LogP contribution < -0.4 is 5.48 Å². The van der Waals surface area contributed by atoms with E-state index in [1.807, 2.05) is 30.3 Å². The molecule has 1 N–H and O–H groups in total. The zero-order chi connectivity index (χ0) is 19.6. The van der Waals surface area contributed by atoms with E-state index in [0.717, 1.165) is 5.56 Å². The minimum atomic E-state index is -0.967. The van der Waals surface area contributed by atoms with E-state index < -0.39 is 23.8 Å². The molecule has 0 heterocycles. The third kappa shape index (κ3) is 5.65. The van der Waals surface area contributed by atoms with Gasteiger partial charge in [-0.1, -0.05) is 48.5 Å². The topological polar surface area (TPSA) is 90.9 Å². The van der Waals surface area contributed by atoms with E-state index in [4.69, 9.17) is 14.3 Å². The highest BCUT2D eigenvalue weighted by atomic mass is 16.6. The Kier molecular flexibility index (Phi) is 7.51. The van der Waals surface area contributed by atoms with Gasteiger partial charge in [0.05, 0.1) is 32.3 Å². The minimum absolute atomic E-state index is 0.189. The number of carbonyl (C=O) groups excluding carboxylic acids is 3. The van der Waals surface area contributed by atoms with Crippen molar-refractivity contribution in [1.29, 1.82) is 0 Å². The van der Waals surface area contributed by atoms with Crippen molar-refractivity contribution in [2.24, 2.45) is 0 Å². The summed E-state index contributed by atoms with van der Waals surface area (Å²) in [7, 11) is 2.47. The molecule has 0 aliphatic carbocycles. The molecule has 0 aliphatic heterocycles. The molecule has 0 radical (unpaired) electrons. The SMILES string of the molecule is COC(=O)c1ccccc1C(CC(=O)NOCc1ccccc1)C(=O)OC. The summed E-state index contributed by atoms with van der Waals surface area (Å²) in [4.78, 5) is 41.6. The van der Waals surface area contributed by atoms with Gasteiger partial charge in [0.1, 0.15) is 0 Å². The lowest BCUT2D eigenvalue weighted by Gasteiger charge is -2.17. The van der Waals surface area contributed by atoms with Crippen LogP contribution in [0.4, 0.5) is 0 Å². The molecular formula is C20H21NO6. The zero-order valence-corrected chi connectivity index (χ0v) is 15.1. The van der Waals surface area contributed by atoms with Crippen LogP contribution in [-0.4, -0.2) is 32.1 Å². The van der Waals surface area contributed by atoms with E-state index >= 15 is 0 Å². The maximum Gasteiger partial charge on any atom is 0.338 e. The summed E-state index contributed by atoms with van der Waals surface area (Å²) >= 11 is 0. The molecule has 27 heavy (non-hydrogen) atoms. The van der Waals surface area contributed by atoms with Crippen LogP contribution in [0.3, 0.4) is 0 Å². The fraction of sp³-hybridized carbons (Fsp3) is 0.250. The van der Waals surface area contributed by atoms with Crippen LogP contribution in [0.25, 0.3) is 0 Å². The van der Waals surface area contributed by atoms with E-state index in [1.54, 1.807) is 18.2 Å². The number of amides is 1. The molecule has 0 aliphatic rings. The smallest absolute Gasteiger partial charge is 0.338 e. The summed E-state index contributed by atoms with van der Waals surface area (Å²) in [6, 6.07) is 15.7. The molecule has 1 amide bonds. The fourth-order valence-corrected chi connectivity index (χ4v) is 2.56. The van der Waals surface area contributed by atoms with Gasteiger partial charge in [-0.3, -0.25) is 14.4 Å². The van der Waals surface area contributed by atoms with Gasteiger partial charge in [0, 0.05) is 6.42 Å². The summed E-state index contributed by atoms with van der Waals surface area (Å²) < 4.78 is 9.54. The van der Waals surface area contributed by atoms with Gasteiger partial charge in [-0.25, -0.2) is 10.3 Å². The van der Waals surface area contributed by atoms with Crippen molar-refractivity contribution in [1.82, 2.24) is 5.48 Å². The zero-order valence-electron chi connectivity index (χ0n) is 15.1. The highest BCUT2D eigenvalue weighted by Crippen LogP contribution is 2.25. The van der Waals surface area contributed by atoms with Crippen LogP contribution in [0.5, 0.6) is 0 Å². The number of rotatable bonds is 8. The van der Waals surface area contributed by atoms with Crippen molar-refractivity contribution in [2.45, 2.75) is 18.9 Å². The first kappa shape index (κ1) is 20.1. The average Bonchev–Trinajstić information content (AvgIpc) is 2.71. The summed E-state index contributed by atoms with van der Waals surface area (Å²) in [5.74, 6) is -2.71. The first-order chi connectivity index (χ1) is 13.1. The lowest BCUT2D eigenvalue weighted by molar-refractivity contribution is -0.146. The van der Waals surface area contributed by atoms with Crippen molar-refractivity contribution in [3.63, 3.8) is 0 Å². The van der Waals surface area contributed by atoms with Crippen molar-refractivity contribution in [2.75, 3.05) is 14.2 Å². The molecular weight excluding hydrogens is 350 g/mol. The maximum absolute atomic E-state index is 12.2. The van der Waals surface area contributed by atoms with Gasteiger partial charge in [-0.05, 0) is 17.2 Å². The van der Waals surface area contributed by atoms with E-state index in [9.17, 15) is 14.4 Å². The highest BCUT2D eigenvalue weighted by molar-refractivity contribution is 5.95. The molecule has 1 atom stereocenters. The van der Waals surface area contributed by atoms with Gasteiger partial charge in [0.2, 0.25) is 5.91 Å². The second-order valence-electron chi connectivity index (χ2n) is 5.66. The van der Waals surface area contributed by atoms with E-state index in [0.29, 0.717) is 5.56 Å². The number of hydroxylamine groups is 1. The molecule has 7 heteroatoms. The number of nitrogens with one attached hydrogen (secondary N) is 1. The number of esters is 2. The van der Waals surface area contributed by atoms with Gasteiger partial charge < -0.3 is 9.47 Å². The second-order valence-corrected chi connectivity index (χ2v) is 5.66. The lowest BCUT2D eigenvalue weighted by Crippen LogP contribution is -2.29. The summed E-state index contributed by atoms with van der Waals surface area (Å²) in [5.41, 5.74) is 3.76. The molecule has 0 saturated heterocycles. The Morgan fingerprint density at radius 2 is 1.59 bits per heavy atom. The van der Waals surface area contributed by atoms with Crippen LogP contribution in [0.15, 0.2) is 54.6 Å². The number of hydrogen-bond donors (Lipinski definition) is 1. The Morgan fingerprint density at radius 3 is 2.26 bits per heavy atom. The molecule has 0 aromatic heterocycles. The van der Waals surface area contributed by atoms with Crippen molar-refractivity contribution in [3.8, 4) is 0 Å². The maximum atomic E-state index is 12.2. The molecule has 0 bridgehead atoms. The van der Waals surface area contributed by atoms with Crippen molar-refractivity contribution < 1.29 is 28.7 Å². The number of benzene rings is 2. The molecule has 1 unspecified atom stereocenters. The largest absolute Gasteiger partial charge is 0.469 e. The second kappa shape index (κ2) is 10.1. The predicted molar refractivity (Wildman–Crippen MR) is 96.5 cm³/mol. The van der Waals surface area contributed by atoms with E-state index in [-0.39, 0.29) is 18.6 Å². The number of methoxy groups -OCH3 is 2. The molecule has 2 aromatic rings. The Labute approximate surface area is 157 Å². The first-order valence-corrected chi connectivity index (χ1v) is 8.26. The van der Waals surface area contributed by atoms with E-state index in [2.05, 4.69) is 5.48 Å². The Balaban J connectivity index is 2.08. The van der Waals surface area contributed by atoms with Crippen LogP contribution in [0, 0.1) is 0 Å². The molecule has 142 valence electrons. The summed E-state index contributed by atoms with van der Waals surface area (Å²) in [6.45, 7) is 0.189.